The highest BCUT2D eigenvalue weighted by Gasteiger charge is 2.40. The van der Waals surface area contributed by atoms with Crippen LogP contribution >= 0.6 is 0 Å². The maximum Gasteiger partial charge on any atom is 0.310 e. The van der Waals surface area contributed by atoms with E-state index in [0.717, 1.165) is 17.8 Å². The second kappa shape index (κ2) is 7.07. The van der Waals surface area contributed by atoms with Gasteiger partial charge >= 0.3 is 5.97 Å². The zero-order valence-electron chi connectivity index (χ0n) is 14.2. The molecule has 1 atom stereocenters. The highest BCUT2D eigenvalue weighted by Crippen LogP contribution is 2.31. The van der Waals surface area contributed by atoms with E-state index >= 15 is 0 Å². The number of carbonyl (C=O) groups is 2. The van der Waals surface area contributed by atoms with Crippen LogP contribution in [0.15, 0.2) is 54.6 Å². The summed E-state index contributed by atoms with van der Waals surface area (Å²) in [5, 5.41) is 12.2. The van der Waals surface area contributed by atoms with E-state index in [1.807, 2.05) is 42.5 Å². The summed E-state index contributed by atoms with van der Waals surface area (Å²) in [4.78, 5) is 25.7. The summed E-state index contributed by atoms with van der Waals surface area (Å²) >= 11 is 0. The standard InChI is InChI=1S/C20H22N2O3/c1-20(19(24)25)11-12-22(14-20)13-15-7-9-16(10-8-15)18(23)21-17-5-3-2-4-6-17/h2-10H,11-14H2,1H3,(H,21,23)(H,24,25). The molecule has 1 amide bonds. The van der Waals surface area contributed by atoms with Gasteiger partial charge in [0.05, 0.1) is 5.41 Å². The Morgan fingerprint density at radius 3 is 2.40 bits per heavy atom. The average Bonchev–Trinajstić information content (AvgIpc) is 2.99. The number of rotatable bonds is 5. The molecule has 0 radical (unpaired) electrons. The molecular weight excluding hydrogens is 316 g/mol. The summed E-state index contributed by atoms with van der Waals surface area (Å²) in [6.45, 7) is 3.83. The van der Waals surface area contributed by atoms with Gasteiger partial charge in [0.15, 0.2) is 0 Å². The van der Waals surface area contributed by atoms with E-state index < -0.39 is 11.4 Å². The molecule has 1 unspecified atom stereocenters. The van der Waals surface area contributed by atoms with Crippen LogP contribution in [0.2, 0.25) is 0 Å². The van der Waals surface area contributed by atoms with Gasteiger partial charge in [-0.15, -0.1) is 0 Å². The second-order valence-electron chi connectivity index (χ2n) is 6.84. The Kier molecular flexibility index (Phi) is 4.86. The van der Waals surface area contributed by atoms with Crippen molar-refractivity contribution in [3.05, 3.63) is 65.7 Å². The number of carboxylic acid groups (broad SMARTS) is 1. The molecule has 1 aliphatic heterocycles. The summed E-state index contributed by atoms with van der Waals surface area (Å²) in [7, 11) is 0. The van der Waals surface area contributed by atoms with Crippen molar-refractivity contribution in [2.24, 2.45) is 5.41 Å². The van der Waals surface area contributed by atoms with Crippen LogP contribution in [0.1, 0.15) is 29.3 Å². The highest BCUT2D eigenvalue weighted by molar-refractivity contribution is 6.04. The van der Waals surface area contributed by atoms with E-state index in [-0.39, 0.29) is 5.91 Å². The van der Waals surface area contributed by atoms with Gasteiger partial charge in [-0.1, -0.05) is 30.3 Å². The monoisotopic (exact) mass is 338 g/mol. The molecule has 1 saturated heterocycles. The van der Waals surface area contributed by atoms with Crippen molar-refractivity contribution in [2.75, 3.05) is 18.4 Å². The van der Waals surface area contributed by atoms with Gasteiger partial charge in [-0.3, -0.25) is 14.5 Å². The first-order valence-corrected chi connectivity index (χ1v) is 8.37. The molecule has 1 fully saturated rings. The molecule has 0 aromatic heterocycles. The summed E-state index contributed by atoms with van der Waals surface area (Å²) in [5.74, 6) is -0.875. The fourth-order valence-corrected chi connectivity index (χ4v) is 3.11. The number of anilines is 1. The molecule has 5 nitrogen and oxygen atoms in total. The topological polar surface area (TPSA) is 69.6 Å². The minimum atomic E-state index is -0.733. The number of hydrogen-bond acceptors (Lipinski definition) is 3. The Hall–Kier alpha value is -2.66. The molecule has 1 aliphatic rings. The van der Waals surface area contributed by atoms with Crippen molar-refractivity contribution in [3.63, 3.8) is 0 Å². The molecule has 0 saturated carbocycles. The largest absolute Gasteiger partial charge is 0.481 e. The Bertz CT molecular complexity index is 758. The zero-order chi connectivity index (χ0) is 17.9. The maximum atomic E-state index is 12.2. The van der Waals surface area contributed by atoms with Crippen LogP contribution in [-0.2, 0) is 11.3 Å². The van der Waals surface area contributed by atoms with Crippen LogP contribution in [0.3, 0.4) is 0 Å². The molecule has 2 N–H and O–H groups in total. The maximum absolute atomic E-state index is 12.2. The van der Waals surface area contributed by atoms with E-state index in [9.17, 15) is 14.7 Å². The van der Waals surface area contributed by atoms with Crippen molar-refractivity contribution in [1.29, 1.82) is 0 Å². The lowest BCUT2D eigenvalue weighted by Crippen LogP contribution is -2.31. The Morgan fingerprint density at radius 1 is 1.12 bits per heavy atom. The number of hydrogen-bond donors (Lipinski definition) is 2. The molecule has 0 bridgehead atoms. The quantitative estimate of drug-likeness (QED) is 0.878. The lowest BCUT2D eigenvalue weighted by Gasteiger charge is -2.20. The molecule has 1 heterocycles. The lowest BCUT2D eigenvalue weighted by atomic mass is 9.90. The van der Waals surface area contributed by atoms with Gasteiger partial charge in [-0.2, -0.15) is 0 Å². The Labute approximate surface area is 147 Å². The zero-order valence-corrected chi connectivity index (χ0v) is 14.2. The fraction of sp³-hybridized carbons (Fsp3) is 0.300. The first-order valence-electron chi connectivity index (χ1n) is 8.37. The number of para-hydroxylation sites is 1. The first kappa shape index (κ1) is 17.2. The number of amides is 1. The molecule has 2 aromatic carbocycles. The number of aliphatic carboxylic acids is 1. The Balaban J connectivity index is 1.59. The molecule has 3 rings (SSSR count). The second-order valence-corrected chi connectivity index (χ2v) is 6.84. The number of nitrogens with zero attached hydrogens (tertiary/aromatic N) is 1. The number of benzene rings is 2. The van der Waals surface area contributed by atoms with Crippen LogP contribution in [-0.4, -0.2) is 35.0 Å². The summed E-state index contributed by atoms with van der Waals surface area (Å²) in [6.07, 6.45) is 0.667. The fourth-order valence-electron chi connectivity index (χ4n) is 3.11. The van der Waals surface area contributed by atoms with Gasteiger partial charge < -0.3 is 10.4 Å². The van der Waals surface area contributed by atoms with Gasteiger partial charge in [-0.05, 0) is 49.7 Å². The molecular formula is C20H22N2O3. The van der Waals surface area contributed by atoms with E-state index in [2.05, 4.69) is 10.2 Å². The first-order chi connectivity index (χ1) is 12.0. The van der Waals surface area contributed by atoms with Gasteiger partial charge in [0.2, 0.25) is 0 Å². The third-order valence-corrected chi connectivity index (χ3v) is 4.72. The molecule has 130 valence electrons. The number of carboxylic acids is 1. The summed E-state index contributed by atoms with van der Waals surface area (Å²) < 4.78 is 0. The predicted octanol–water partition coefficient (Wildman–Crippen LogP) is 3.24. The van der Waals surface area contributed by atoms with Crippen LogP contribution in [0.4, 0.5) is 5.69 Å². The van der Waals surface area contributed by atoms with Crippen molar-refractivity contribution >= 4 is 17.6 Å². The van der Waals surface area contributed by atoms with Crippen LogP contribution in [0.5, 0.6) is 0 Å². The summed E-state index contributed by atoms with van der Waals surface area (Å²) in [5.41, 5.74) is 1.78. The van der Waals surface area contributed by atoms with Crippen LogP contribution in [0, 0.1) is 5.41 Å². The predicted molar refractivity (Wildman–Crippen MR) is 96.5 cm³/mol. The molecule has 0 aliphatic carbocycles. The number of carbonyl (C=O) groups excluding carboxylic acids is 1. The highest BCUT2D eigenvalue weighted by atomic mass is 16.4. The molecule has 0 spiro atoms. The average molecular weight is 338 g/mol. The minimum Gasteiger partial charge on any atom is -0.481 e. The SMILES string of the molecule is CC1(C(=O)O)CCN(Cc2ccc(C(=O)Nc3ccccc3)cc2)C1. The molecule has 25 heavy (non-hydrogen) atoms. The van der Waals surface area contributed by atoms with Crippen LogP contribution in [0.25, 0.3) is 0 Å². The smallest absolute Gasteiger partial charge is 0.310 e. The van der Waals surface area contributed by atoms with E-state index in [1.165, 1.54) is 0 Å². The van der Waals surface area contributed by atoms with Crippen LogP contribution < -0.4 is 5.32 Å². The molecule has 5 heteroatoms. The Morgan fingerprint density at radius 2 is 1.80 bits per heavy atom. The minimum absolute atomic E-state index is 0.141. The van der Waals surface area contributed by atoms with Crippen molar-refractivity contribution in [3.8, 4) is 0 Å². The van der Waals surface area contributed by atoms with E-state index in [4.69, 9.17) is 0 Å². The van der Waals surface area contributed by atoms with Gasteiger partial charge in [0.1, 0.15) is 0 Å². The van der Waals surface area contributed by atoms with E-state index in [0.29, 0.717) is 25.1 Å². The third kappa shape index (κ3) is 4.06. The normalized spacial score (nSPS) is 20.4. The van der Waals surface area contributed by atoms with Crippen molar-refractivity contribution < 1.29 is 14.7 Å². The van der Waals surface area contributed by atoms with Gasteiger partial charge in [0, 0.05) is 24.3 Å². The van der Waals surface area contributed by atoms with Crippen molar-refractivity contribution in [1.82, 2.24) is 4.90 Å². The van der Waals surface area contributed by atoms with Gasteiger partial charge in [-0.25, -0.2) is 0 Å². The van der Waals surface area contributed by atoms with Gasteiger partial charge in [0.25, 0.3) is 5.91 Å². The molecule has 2 aromatic rings. The summed E-state index contributed by atoms with van der Waals surface area (Å²) in [6, 6.07) is 16.8. The lowest BCUT2D eigenvalue weighted by molar-refractivity contribution is -0.147. The number of nitrogens with one attached hydrogen (secondary N) is 1. The van der Waals surface area contributed by atoms with Crippen molar-refractivity contribution in [2.45, 2.75) is 19.9 Å². The third-order valence-electron chi connectivity index (χ3n) is 4.72. The van der Waals surface area contributed by atoms with E-state index in [1.54, 1.807) is 19.1 Å². The number of likely N-dealkylation sites (tertiary alicyclic amines) is 1.